The van der Waals surface area contributed by atoms with Gasteiger partial charge in [-0.1, -0.05) is 73.1 Å². The third-order valence-corrected chi connectivity index (χ3v) is 7.87. The summed E-state index contributed by atoms with van der Waals surface area (Å²) in [5.74, 6) is 0.547. The molecule has 2 aromatic carbocycles. The molecule has 0 bridgehead atoms. The van der Waals surface area contributed by atoms with Gasteiger partial charge in [0, 0.05) is 56.1 Å². The Kier molecular flexibility index (Phi) is 13.4. The van der Waals surface area contributed by atoms with Gasteiger partial charge in [-0.3, -0.25) is 9.78 Å². The van der Waals surface area contributed by atoms with Crippen LogP contribution in [0.5, 0.6) is 0 Å². The normalized spacial score (nSPS) is 11.6. The number of aromatic nitrogens is 3. The second kappa shape index (κ2) is 16.0. The number of hydrogen-bond donors (Lipinski definition) is 1. The van der Waals surface area contributed by atoms with E-state index in [-0.39, 0.29) is 43.5 Å². The van der Waals surface area contributed by atoms with Crippen molar-refractivity contribution < 1.29 is 30.0 Å². The van der Waals surface area contributed by atoms with Gasteiger partial charge in [0.1, 0.15) is 6.33 Å². The summed E-state index contributed by atoms with van der Waals surface area (Å²) in [5, 5.41) is 11.0. The zero-order valence-corrected chi connectivity index (χ0v) is 28.4. The quantitative estimate of drug-likeness (QED) is 0.100. The van der Waals surface area contributed by atoms with E-state index in [1.165, 1.54) is 28.1 Å². The standard InChI is InChI=1S/C22H22N3.C13H24O2.Ir/c1-5-7-16-8-6-9-18-20-22(25(4)21(16)18)19(23-13-24-20)17-11-14(2)10-15(3)12-17;1-5-10(6-2)12(14)9-13(15)11(7-3)8-4;/h6,8-11,13H,5,7H2,1-4H3;9-11,14H,5-8H2,1-4H3;/q-1;;/b;12-9-;. The van der Waals surface area contributed by atoms with Gasteiger partial charge in [-0.05, 0) is 37.7 Å². The Morgan fingerprint density at radius 3 is 2.22 bits per heavy atom. The van der Waals surface area contributed by atoms with E-state index in [0.717, 1.165) is 66.4 Å². The SMILES string of the molecule is CCC(CC)C(=O)/C=C(\O)C(CC)CC.CCCc1cccc2c3ncnc(-c4[c-]c(C)cc(C)c4)c3n(C)c12.[Ir]. The molecule has 0 saturated carbocycles. The number of benzene rings is 2. The van der Waals surface area contributed by atoms with Gasteiger partial charge < -0.3 is 9.67 Å². The smallest absolute Gasteiger partial charge is 0.162 e. The maximum Gasteiger partial charge on any atom is 0.162 e. The van der Waals surface area contributed by atoms with Crippen LogP contribution >= 0.6 is 0 Å². The van der Waals surface area contributed by atoms with Crippen molar-refractivity contribution in [2.45, 2.75) is 87.0 Å². The monoisotopic (exact) mass is 733 g/mol. The van der Waals surface area contributed by atoms with E-state index in [4.69, 9.17) is 0 Å². The summed E-state index contributed by atoms with van der Waals surface area (Å²) in [5.41, 5.74) is 9.10. The van der Waals surface area contributed by atoms with Crippen molar-refractivity contribution in [3.8, 4) is 11.3 Å². The van der Waals surface area contributed by atoms with E-state index in [2.05, 4.69) is 78.8 Å². The molecule has 5 nitrogen and oxygen atoms in total. The van der Waals surface area contributed by atoms with Crippen molar-refractivity contribution in [1.82, 2.24) is 14.5 Å². The molecule has 0 amide bonds. The average molecular weight is 733 g/mol. The zero-order valence-electron chi connectivity index (χ0n) is 26.0. The van der Waals surface area contributed by atoms with Crippen LogP contribution in [0.15, 0.2) is 48.5 Å². The fraction of sp³-hybridized carbons (Fsp3) is 0.457. The Hall–Kier alpha value is -2.82. The minimum Gasteiger partial charge on any atom is -0.512 e. The molecule has 2 aromatic heterocycles. The van der Waals surface area contributed by atoms with Crippen LogP contribution in [0.1, 0.15) is 83.4 Å². The zero-order chi connectivity index (χ0) is 29.4. The van der Waals surface area contributed by atoms with E-state index in [1.807, 2.05) is 27.7 Å². The van der Waals surface area contributed by atoms with Crippen molar-refractivity contribution in [2.75, 3.05) is 0 Å². The fourth-order valence-corrected chi connectivity index (χ4v) is 5.65. The molecule has 0 aliphatic carbocycles. The van der Waals surface area contributed by atoms with Gasteiger partial charge >= 0.3 is 0 Å². The number of nitrogens with zero attached hydrogens (tertiary/aromatic N) is 3. The molecule has 0 aliphatic rings. The summed E-state index contributed by atoms with van der Waals surface area (Å²) < 4.78 is 2.26. The van der Waals surface area contributed by atoms with Crippen molar-refractivity contribution in [2.24, 2.45) is 18.9 Å². The van der Waals surface area contributed by atoms with Crippen molar-refractivity contribution in [1.29, 1.82) is 0 Å². The Morgan fingerprint density at radius 2 is 1.63 bits per heavy atom. The second-order valence-electron chi connectivity index (χ2n) is 10.8. The van der Waals surface area contributed by atoms with E-state index in [9.17, 15) is 9.90 Å². The number of fused-ring (bicyclic) bond motifs is 3. The molecule has 4 rings (SSSR count). The van der Waals surface area contributed by atoms with Gasteiger partial charge in [-0.15, -0.1) is 34.9 Å². The number of hydrogen-bond acceptors (Lipinski definition) is 4. The summed E-state index contributed by atoms with van der Waals surface area (Å²) in [4.78, 5) is 21.0. The molecule has 0 spiro atoms. The minimum absolute atomic E-state index is 0. The molecule has 1 radical (unpaired) electrons. The van der Waals surface area contributed by atoms with Gasteiger partial charge in [0.2, 0.25) is 0 Å². The molecule has 0 atom stereocenters. The summed E-state index contributed by atoms with van der Waals surface area (Å²) in [7, 11) is 2.12. The molecule has 1 N–H and O–H groups in total. The van der Waals surface area contributed by atoms with E-state index in [1.54, 1.807) is 6.33 Å². The van der Waals surface area contributed by atoms with Crippen LogP contribution in [0.3, 0.4) is 0 Å². The third kappa shape index (κ3) is 7.93. The van der Waals surface area contributed by atoms with Crippen LogP contribution in [-0.4, -0.2) is 25.4 Å². The minimum atomic E-state index is 0. The van der Waals surface area contributed by atoms with Crippen LogP contribution in [-0.2, 0) is 38.4 Å². The predicted molar refractivity (Wildman–Crippen MR) is 168 cm³/mol. The molecule has 0 unspecified atom stereocenters. The number of aryl methyl sites for hydroxylation is 4. The van der Waals surface area contributed by atoms with E-state index in [0.29, 0.717) is 0 Å². The van der Waals surface area contributed by atoms with Gasteiger partial charge in [0.15, 0.2) is 5.78 Å². The third-order valence-electron chi connectivity index (χ3n) is 7.87. The van der Waals surface area contributed by atoms with Crippen LogP contribution < -0.4 is 0 Å². The molecule has 6 heteroatoms. The van der Waals surface area contributed by atoms with Crippen LogP contribution in [0.2, 0.25) is 0 Å². The average Bonchev–Trinajstić information content (AvgIpc) is 3.23. The number of allylic oxidation sites excluding steroid dienone is 2. The molecule has 2 heterocycles. The van der Waals surface area contributed by atoms with Crippen LogP contribution in [0.25, 0.3) is 33.2 Å². The first-order chi connectivity index (χ1) is 19.2. The molecular formula is C35H46IrN3O2-. The van der Waals surface area contributed by atoms with E-state index >= 15 is 0 Å². The number of para-hydroxylation sites is 1. The van der Waals surface area contributed by atoms with Crippen molar-refractivity contribution in [3.05, 3.63) is 71.3 Å². The molecule has 223 valence electrons. The molecule has 4 aromatic rings. The van der Waals surface area contributed by atoms with Gasteiger partial charge in [0.05, 0.1) is 22.3 Å². The van der Waals surface area contributed by atoms with Crippen molar-refractivity contribution >= 4 is 27.7 Å². The number of aliphatic hydroxyl groups excluding tert-OH is 1. The summed E-state index contributed by atoms with van der Waals surface area (Å²) in [6, 6.07) is 14.3. The Balaban J connectivity index is 0.000000320. The molecule has 0 fully saturated rings. The first kappa shape index (κ1) is 34.4. The predicted octanol–water partition coefficient (Wildman–Crippen LogP) is 9.03. The van der Waals surface area contributed by atoms with Crippen LogP contribution in [0.4, 0.5) is 0 Å². The molecule has 0 saturated heterocycles. The first-order valence-corrected chi connectivity index (χ1v) is 14.9. The Morgan fingerprint density at radius 1 is 0.976 bits per heavy atom. The Labute approximate surface area is 259 Å². The number of carbonyl (C=O) groups excluding carboxylic acids is 1. The number of carbonyl (C=O) groups is 1. The number of rotatable bonds is 10. The molecular weight excluding hydrogens is 687 g/mol. The summed E-state index contributed by atoms with van der Waals surface area (Å²) in [6.07, 6.45) is 8.78. The maximum absolute atomic E-state index is 11.7. The van der Waals surface area contributed by atoms with Crippen LogP contribution in [0, 0.1) is 31.7 Å². The molecule has 0 aliphatic heterocycles. The maximum atomic E-state index is 11.7. The number of aliphatic hydroxyl groups is 1. The van der Waals surface area contributed by atoms with Crippen molar-refractivity contribution in [3.63, 3.8) is 0 Å². The largest absolute Gasteiger partial charge is 0.512 e. The Bertz CT molecular complexity index is 1460. The van der Waals surface area contributed by atoms with E-state index < -0.39 is 0 Å². The van der Waals surface area contributed by atoms with Gasteiger partial charge in [0.25, 0.3) is 0 Å². The number of ketones is 1. The topological polar surface area (TPSA) is 68.0 Å². The second-order valence-corrected chi connectivity index (χ2v) is 10.8. The van der Waals surface area contributed by atoms with Gasteiger partial charge in [-0.25, -0.2) is 4.98 Å². The van der Waals surface area contributed by atoms with Gasteiger partial charge in [-0.2, -0.15) is 0 Å². The summed E-state index contributed by atoms with van der Waals surface area (Å²) >= 11 is 0. The first-order valence-electron chi connectivity index (χ1n) is 14.9. The fourth-order valence-electron chi connectivity index (χ4n) is 5.65. The molecule has 41 heavy (non-hydrogen) atoms. The summed E-state index contributed by atoms with van der Waals surface area (Å²) in [6.45, 7) is 14.5.